The van der Waals surface area contributed by atoms with Crippen molar-refractivity contribution in [2.24, 2.45) is 0 Å². The number of likely N-dealkylation sites (tertiary alicyclic amines) is 1. The van der Waals surface area contributed by atoms with Crippen molar-refractivity contribution >= 4 is 29.1 Å². The Balaban J connectivity index is 1.77. The van der Waals surface area contributed by atoms with Crippen LogP contribution in [-0.4, -0.2) is 80.2 Å². The number of aliphatic hydroxyl groups excluding tert-OH is 1. The summed E-state index contributed by atoms with van der Waals surface area (Å²) in [6, 6.07) is 10.9. The number of amides is 1. The SMILES string of the molecule is COc1ccc([C@@H]2/C(=C(\O)c3ccc(Cl)cc3)C(=O)C(=O)N2CCN2CCOCC2)cc1OC. The monoisotopic (exact) mass is 486 g/mol. The number of ketones is 1. The van der Waals surface area contributed by atoms with Gasteiger partial charge in [-0.15, -0.1) is 0 Å². The second-order valence-corrected chi connectivity index (χ2v) is 8.50. The molecule has 0 bridgehead atoms. The topological polar surface area (TPSA) is 88.5 Å². The first-order chi connectivity index (χ1) is 16.4. The van der Waals surface area contributed by atoms with Crippen LogP contribution in [0.2, 0.25) is 5.02 Å². The molecule has 2 fully saturated rings. The number of carbonyl (C=O) groups is 2. The molecular weight excluding hydrogens is 460 g/mol. The van der Waals surface area contributed by atoms with Gasteiger partial charge in [0, 0.05) is 36.8 Å². The van der Waals surface area contributed by atoms with E-state index in [9.17, 15) is 14.7 Å². The van der Waals surface area contributed by atoms with Crippen molar-refractivity contribution in [1.82, 2.24) is 9.80 Å². The Labute approximate surface area is 203 Å². The number of nitrogens with zero attached hydrogens (tertiary/aromatic N) is 2. The maximum atomic E-state index is 13.2. The Bertz CT molecular complexity index is 1100. The van der Waals surface area contributed by atoms with Gasteiger partial charge in [0.1, 0.15) is 5.76 Å². The molecule has 2 aromatic carbocycles. The van der Waals surface area contributed by atoms with Crippen LogP contribution < -0.4 is 9.47 Å². The maximum absolute atomic E-state index is 13.2. The van der Waals surface area contributed by atoms with Crippen molar-refractivity contribution in [3.63, 3.8) is 0 Å². The van der Waals surface area contributed by atoms with Crippen molar-refractivity contribution < 1.29 is 28.9 Å². The molecule has 0 aromatic heterocycles. The van der Waals surface area contributed by atoms with E-state index in [1.54, 1.807) is 42.5 Å². The van der Waals surface area contributed by atoms with Gasteiger partial charge in [0.05, 0.1) is 39.0 Å². The summed E-state index contributed by atoms with van der Waals surface area (Å²) in [6.45, 7) is 3.69. The summed E-state index contributed by atoms with van der Waals surface area (Å²) in [7, 11) is 3.05. The van der Waals surface area contributed by atoms with Crippen LogP contribution in [0.1, 0.15) is 17.2 Å². The largest absolute Gasteiger partial charge is 0.507 e. The zero-order valence-electron chi connectivity index (χ0n) is 19.1. The van der Waals surface area contributed by atoms with E-state index >= 15 is 0 Å². The van der Waals surface area contributed by atoms with Crippen LogP contribution in [0.25, 0.3) is 5.76 Å². The molecule has 0 radical (unpaired) electrons. The van der Waals surface area contributed by atoms with E-state index in [0.29, 0.717) is 54.0 Å². The van der Waals surface area contributed by atoms with Crippen molar-refractivity contribution in [2.45, 2.75) is 6.04 Å². The third-order valence-electron chi connectivity index (χ3n) is 6.14. The summed E-state index contributed by atoms with van der Waals surface area (Å²) in [5.74, 6) is -0.638. The summed E-state index contributed by atoms with van der Waals surface area (Å²) in [5.41, 5.74) is 1.07. The van der Waals surface area contributed by atoms with Crippen LogP contribution in [0.3, 0.4) is 0 Å². The highest BCUT2D eigenvalue weighted by molar-refractivity contribution is 6.46. The van der Waals surface area contributed by atoms with Crippen molar-refractivity contribution in [3.05, 3.63) is 64.2 Å². The third kappa shape index (κ3) is 4.75. The van der Waals surface area contributed by atoms with Gasteiger partial charge in [0.25, 0.3) is 11.7 Å². The van der Waals surface area contributed by atoms with E-state index in [-0.39, 0.29) is 11.3 Å². The first kappa shape index (κ1) is 24.1. The molecule has 34 heavy (non-hydrogen) atoms. The van der Waals surface area contributed by atoms with E-state index in [0.717, 1.165) is 13.1 Å². The van der Waals surface area contributed by atoms with Crippen LogP contribution in [0, 0.1) is 0 Å². The molecule has 0 saturated carbocycles. The van der Waals surface area contributed by atoms with Crippen molar-refractivity contribution in [1.29, 1.82) is 0 Å². The van der Waals surface area contributed by atoms with Gasteiger partial charge in [-0.05, 0) is 42.0 Å². The lowest BCUT2D eigenvalue weighted by molar-refractivity contribution is -0.140. The van der Waals surface area contributed by atoms with Crippen LogP contribution in [0.5, 0.6) is 11.5 Å². The molecule has 2 aliphatic rings. The normalized spacial score (nSPS) is 20.6. The highest BCUT2D eigenvalue weighted by Gasteiger charge is 2.46. The first-order valence-electron chi connectivity index (χ1n) is 11.0. The number of hydrogen-bond donors (Lipinski definition) is 1. The number of carbonyl (C=O) groups excluding carboxylic acids is 2. The molecule has 8 nitrogen and oxygen atoms in total. The van der Waals surface area contributed by atoms with Gasteiger partial charge >= 0.3 is 0 Å². The predicted octanol–water partition coefficient (Wildman–Crippen LogP) is 3.11. The molecule has 1 amide bonds. The number of halogens is 1. The Morgan fingerprint density at radius 3 is 2.35 bits per heavy atom. The molecule has 4 rings (SSSR count). The molecule has 2 aromatic rings. The number of aliphatic hydroxyl groups is 1. The summed E-state index contributed by atoms with van der Waals surface area (Å²) >= 11 is 5.99. The lowest BCUT2D eigenvalue weighted by Crippen LogP contribution is -2.42. The average molecular weight is 487 g/mol. The number of rotatable bonds is 7. The van der Waals surface area contributed by atoms with Gasteiger partial charge in [0.15, 0.2) is 11.5 Å². The van der Waals surface area contributed by atoms with Gasteiger partial charge in [-0.25, -0.2) is 0 Å². The summed E-state index contributed by atoms with van der Waals surface area (Å²) in [4.78, 5) is 30.0. The predicted molar refractivity (Wildman–Crippen MR) is 127 cm³/mol. The molecule has 0 unspecified atom stereocenters. The lowest BCUT2D eigenvalue weighted by atomic mass is 9.95. The van der Waals surface area contributed by atoms with Gasteiger partial charge in [0.2, 0.25) is 0 Å². The maximum Gasteiger partial charge on any atom is 0.295 e. The van der Waals surface area contributed by atoms with Crippen LogP contribution >= 0.6 is 11.6 Å². The molecule has 0 aliphatic carbocycles. The van der Waals surface area contributed by atoms with E-state index in [1.165, 1.54) is 19.1 Å². The smallest absolute Gasteiger partial charge is 0.295 e. The van der Waals surface area contributed by atoms with E-state index in [2.05, 4.69) is 4.90 Å². The summed E-state index contributed by atoms with van der Waals surface area (Å²) in [6.07, 6.45) is 0. The summed E-state index contributed by atoms with van der Waals surface area (Å²) in [5, 5.41) is 11.6. The molecule has 180 valence electrons. The minimum absolute atomic E-state index is 0.0292. The Kier molecular flexibility index (Phi) is 7.41. The minimum Gasteiger partial charge on any atom is -0.507 e. The standard InChI is InChI=1S/C25H27ClN2O6/c1-32-19-8-5-17(15-20(19)33-2)22-21(23(29)16-3-6-18(26)7-4-16)24(30)25(31)28(22)10-9-27-11-13-34-14-12-27/h3-8,15,22,29H,9-14H2,1-2H3/b23-21+/t22-/m1/s1. The molecule has 2 saturated heterocycles. The quantitative estimate of drug-likeness (QED) is 0.365. The molecule has 2 heterocycles. The second kappa shape index (κ2) is 10.5. The number of morpholine rings is 1. The van der Waals surface area contributed by atoms with Crippen LogP contribution in [-0.2, 0) is 14.3 Å². The van der Waals surface area contributed by atoms with E-state index in [1.807, 2.05) is 0 Å². The highest BCUT2D eigenvalue weighted by atomic mass is 35.5. The molecule has 0 spiro atoms. The number of Topliss-reactive ketones (excluding diaryl/α,β-unsaturated/α-hetero) is 1. The zero-order chi connectivity index (χ0) is 24.2. The average Bonchev–Trinajstić information content (AvgIpc) is 3.12. The second-order valence-electron chi connectivity index (χ2n) is 8.07. The zero-order valence-corrected chi connectivity index (χ0v) is 19.9. The van der Waals surface area contributed by atoms with Crippen LogP contribution in [0.15, 0.2) is 48.0 Å². The molecular formula is C25H27ClN2O6. The number of benzene rings is 2. The van der Waals surface area contributed by atoms with Gasteiger partial charge in [-0.1, -0.05) is 17.7 Å². The van der Waals surface area contributed by atoms with E-state index < -0.39 is 17.7 Å². The molecule has 2 aliphatic heterocycles. The van der Waals surface area contributed by atoms with Crippen LogP contribution in [0.4, 0.5) is 0 Å². The van der Waals surface area contributed by atoms with Gasteiger partial charge < -0.3 is 24.2 Å². The first-order valence-corrected chi connectivity index (χ1v) is 11.4. The number of ether oxygens (including phenoxy) is 3. The van der Waals surface area contributed by atoms with E-state index in [4.69, 9.17) is 25.8 Å². The summed E-state index contributed by atoms with van der Waals surface area (Å²) < 4.78 is 16.2. The highest BCUT2D eigenvalue weighted by Crippen LogP contribution is 2.41. The van der Waals surface area contributed by atoms with Gasteiger partial charge in [-0.2, -0.15) is 0 Å². The minimum atomic E-state index is -0.781. The fourth-order valence-corrected chi connectivity index (χ4v) is 4.44. The third-order valence-corrected chi connectivity index (χ3v) is 6.39. The lowest BCUT2D eigenvalue weighted by Gasteiger charge is -2.31. The van der Waals surface area contributed by atoms with Gasteiger partial charge in [-0.3, -0.25) is 14.5 Å². The molecule has 1 N–H and O–H groups in total. The number of methoxy groups -OCH3 is 2. The van der Waals surface area contributed by atoms with Crippen molar-refractivity contribution in [2.75, 3.05) is 53.6 Å². The number of hydrogen-bond acceptors (Lipinski definition) is 7. The Hall–Kier alpha value is -3.07. The molecule has 1 atom stereocenters. The molecule has 9 heteroatoms. The Morgan fingerprint density at radius 1 is 1.03 bits per heavy atom. The fourth-order valence-electron chi connectivity index (χ4n) is 4.32. The Morgan fingerprint density at radius 2 is 1.71 bits per heavy atom. The fraction of sp³-hybridized carbons (Fsp3) is 0.360. The van der Waals surface area contributed by atoms with Crippen molar-refractivity contribution in [3.8, 4) is 11.5 Å².